The zero-order valence-electron chi connectivity index (χ0n) is 17.3. The number of amides is 1. The summed E-state index contributed by atoms with van der Waals surface area (Å²) in [5.41, 5.74) is 2.74. The van der Waals surface area contributed by atoms with E-state index in [0.29, 0.717) is 34.9 Å². The summed E-state index contributed by atoms with van der Waals surface area (Å²) in [6, 6.07) is 9.48. The molecule has 0 radical (unpaired) electrons. The van der Waals surface area contributed by atoms with Gasteiger partial charge in [0.1, 0.15) is 5.39 Å². The maximum Gasteiger partial charge on any atom is 0.265 e. The molecule has 1 N–H and O–H groups in total. The van der Waals surface area contributed by atoms with E-state index in [1.807, 2.05) is 30.3 Å². The van der Waals surface area contributed by atoms with E-state index < -0.39 is 0 Å². The van der Waals surface area contributed by atoms with Crippen molar-refractivity contribution in [3.8, 4) is 5.69 Å². The molecule has 1 aromatic carbocycles. The van der Waals surface area contributed by atoms with Crippen LogP contribution in [-0.2, 0) is 4.79 Å². The Morgan fingerprint density at radius 1 is 1.23 bits per heavy atom. The highest BCUT2D eigenvalue weighted by Gasteiger charge is 2.29. The third-order valence-corrected chi connectivity index (χ3v) is 7.04. The molecule has 0 bridgehead atoms. The van der Waals surface area contributed by atoms with Crippen molar-refractivity contribution in [2.45, 2.75) is 49.7 Å². The molecule has 3 aromatic rings. The Morgan fingerprint density at radius 2 is 2.10 bits per heavy atom. The number of benzene rings is 1. The molecule has 0 fully saturated rings. The second-order valence-electron chi connectivity index (χ2n) is 8.08. The van der Waals surface area contributed by atoms with Gasteiger partial charge in [-0.1, -0.05) is 41.6 Å². The minimum atomic E-state index is -0.182. The number of nitrogens with one attached hydrogen (secondary N) is 1. The fraction of sp³-hybridized carbons (Fsp3) is 0.391. The van der Waals surface area contributed by atoms with Crippen molar-refractivity contribution in [2.75, 3.05) is 12.3 Å². The van der Waals surface area contributed by atoms with E-state index in [4.69, 9.17) is 4.98 Å². The highest BCUT2D eigenvalue weighted by molar-refractivity contribution is 7.99. The number of nitrogens with zero attached hydrogens (tertiary/aromatic N) is 4. The van der Waals surface area contributed by atoms with Crippen molar-refractivity contribution in [2.24, 2.45) is 0 Å². The summed E-state index contributed by atoms with van der Waals surface area (Å²) in [6.45, 7) is 0.660. The lowest BCUT2D eigenvalue weighted by atomic mass is 9.97. The highest BCUT2D eigenvalue weighted by Crippen LogP contribution is 2.33. The second kappa shape index (κ2) is 8.70. The molecule has 7 nitrogen and oxygen atoms in total. The average Bonchev–Trinajstić information content (AvgIpc) is 3.40. The van der Waals surface area contributed by atoms with Crippen LogP contribution in [-0.4, -0.2) is 37.5 Å². The Morgan fingerprint density at radius 3 is 2.90 bits per heavy atom. The summed E-state index contributed by atoms with van der Waals surface area (Å²) in [6.07, 6.45) is 9.92. The van der Waals surface area contributed by atoms with Gasteiger partial charge in [-0.3, -0.25) is 14.2 Å². The largest absolute Gasteiger partial charge is 0.356 e. The summed E-state index contributed by atoms with van der Waals surface area (Å²) < 4.78 is 3.37. The molecule has 1 amide bonds. The molecule has 0 spiro atoms. The van der Waals surface area contributed by atoms with Gasteiger partial charge in [0.15, 0.2) is 10.8 Å². The third-order valence-electron chi connectivity index (χ3n) is 5.95. The second-order valence-corrected chi connectivity index (χ2v) is 9.06. The summed E-state index contributed by atoms with van der Waals surface area (Å²) in [4.78, 5) is 30.4. The van der Waals surface area contributed by atoms with Crippen LogP contribution in [0, 0.1) is 0 Å². The monoisotopic (exact) mass is 435 g/mol. The number of fused-ring (bicyclic) bond motifs is 2. The smallest absolute Gasteiger partial charge is 0.265 e. The van der Waals surface area contributed by atoms with Crippen LogP contribution in [0.1, 0.15) is 44.6 Å². The van der Waals surface area contributed by atoms with E-state index in [9.17, 15) is 9.59 Å². The molecule has 8 heteroatoms. The Hall–Kier alpha value is -2.87. The molecule has 0 saturated carbocycles. The topological polar surface area (TPSA) is 81.8 Å². The fourth-order valence-electron chi connectivity index (χ4n) is 4.32. The molecule has 1 aliphatic carbocycles. The number of rotatable bonds is 6. The minimum absolute atomic E-state index is 0.0122. The maximum absolute atomic E-state index is 13.2. The molecule has 31 heavy (non-hydrogen) atoms. The van der Waals surface area contributed by atoms with Gasteiger partial charge in [-0.25, -0.2) is 9.67 Å². The third kappa shape index (κ3) is 4.04. The van der Waals surface area contributed by atoms with Crippen LogP contribution in [0.2, 0.25) is 0 Å². The van der Waals surface area contributed by atoms with Crippen molar-refractivity contribution in [3.63, 3.8) is 0 Å². The molecule has 5 rings (SSSR count). The van der Waals surface area contributed by atoms with Gasteiger partial charge in [0.25, 0.3) is 5.56 Å². The molecule has 160 valence electrons. The van der Waals surface area contributed by atoms with E-state index in [0.717, 1.165) is 24.9 Å². The predicted octanol–water partition coefficient (Wildman–Crippen LogP) is 3.63. The van der Waals surface area contributed by atoms with Crippen molar-refractivity contribution < 1.29 is 4.79 Å². The van der Waals surface area contributed by atoms with Gasteiger partial charge >= 0.3 is 0 Å². The van der Waals surface area contributed by atoms with Crippen LogP contribution in [0.4, 0.5) is 0 Å². The molecule has 2 aromatic heterocycles. The first-order valence-corrected chi connectivity index (χ1v) is 11.8. The fourth-order valence-corrected chi connectivity index (χ4v) is 5.45. The number of hydrogen-bond donors (Lipinski definition) is 1. The van der Waals surface area contributed by atoms with Gasteiger partial charge in [-0.15, -0.1) is 0 Å². The van der Waals surface area contributed by atoms with E-state index in [1.165, 1.54) is 30.2 Å². The summed E-state index contributed by atoms with van der Waals surface area (Å²) >= 11 is 1.52. The van der Waals surface area contributed by atoms with Crippen LogP contribution in [0.3, 0.4) is 0 Å². The molecular formula is C23H25N5O2S. The lowest BCUT2D eigenvalue weighted by Crippen LogP contribution is -2.31. The van der Waals surface area contributed by atoms with Crippen molar-refractivity contribution in [1.82, 2.24) is 24.6 Å². The lowest BCUT2D eigenvalue weighted by Gasteiger charge is -2.15. The van der Waals surface area contributed by atoms with Gasteiger partial charge in [0.2, 0.25) is 5.91 Å². The SMILES string of the molecule is O=C(C[C@@H]1CSc2nc3c(cnn3-c3ccccc3)c(=O)n21)NCCC1=CCCCC1. The molecule has 0 unspecified atom stereocenters. The van der Waals surface area contributed by atoms with Crippen LogP contribution >= 0.6 is 11.8 Å². The first-order chi connectivity index (χ1) is 15.2. The lowest BCUT2D eigenvalue weighted by molar-refractivity contribution is -0.121. The molecule has 0 saturated heterocycles. The van der Waals surface area contributed by atoms with Crippen LogP contribution < -0.4 is 10.9 Å². The van der Waals surface area contributed by atoms with E-state index in [-0.39, 0.29) is 17.5 Å². The molecular weight excluding hydrogens is 410 g/mol. The summed E-state index contributed by atoms with van der Waals surface area (Å²) in [5, 5.41) is 8.54. The number of carbonyl (C=O) groups excluding carboxylic acids is 1. The van der Waals surface area contributed by atoms with Crippen molar-refractivity contribution in [3.05, 3.63) is 58.5 Å². The number of allylic oxidation sites excluding steroid dienone is 1. The van der Waals surface area contributed by atoms with Gasteiger partial charge in [-0.2, -0.15) is 5.10 Å². The molecule has 1 atom stereocenters. The number of hydrogen-bond acceptors (Lipinski definition) is 5. The number of thioether (sulfide) groups is 1. The maximum atomic E-state index is 13.2. The van der Waals surface area contributed by atoms with Crippen molar-refractivity contribution >= 4 is 28.7 Å². The predicted molar refractivity (Wildman–Crippen MR) is 122 cm³/mol. The summed E-state index contributed by atoms with van der Waals surface area (Å²) in [5.74, 6) is 0.661. The quantitative estimate of drug-likeness (QED) is 0.472. The number of carbonyl (C=O) groups is 1. The summed E-state index contributed by atoms with van der Waals surface area (Å²) in [7, 11) is 0. The number of aromatic nitrogens is 4. The van der Waals surface area contributed by atoms with E-state index in [1.54, 1.807) is 15.4 Å². The van der Waals surface area contributed by atoms with Gasteiger partial charge in [0.05, 0.1) is 17.9 Å². The van der Waals surface area contributed by atoms with Gasteiger partial charge < -0.3 is 5.32 Å². The number of para-hydroxylation sites is 1. The van der Waals surface area contributed by atoms with E-state index >= 15 is 0 Å². The zero-order chi connectivity index (χ0) is 21.2. The molecule has 1 aliphatic heterocycles. The Balaban J connectivity index is 1.31. The van der Waals surface area contributed by atoms with Crippen LogP contribution in [0.15, 0.2) is 58.1 Å². The minimum Gasteiger partial charge on any atom is -0.356 e. The average molecular weight is 436 g/mol. The standard InChI is InChI=1S/C23H25N5O2S/c29-20(24-12-11-16-7-3-1-4-8-16)13-18-15-31-23-26-21-19(22(30)27(18)23)14-25-28(21)17-9-5-2-6-10-17/h2,5-7,9-10,14,18H,1,3-4,8,11-13,15H2,(H,24,29)/t18-/m1/s1. The van der Waals surface area contributed by atoms with E-state index in [2.05, 4.69) is 16.5 Å². The zero-order valence-corrected chi connectivity index (χ0v) is 18.1. The Bertz CT molecular complexity index is 1200. The molecule has 2 aliphatic rings. The van der Waals surface area contributed by atoms with Crippen LogP contribution in [0.25, 0.3) is 16.7 Å². The highest BCUT2D eigenvalue weighted by atomic mass is 32.2. The van der Waals surface area contributed by atoms with Crippen LogP contribution in [0.5, 0.6) is 0 Å². The molecule has 3 heterocycles. The Kier molecular flexibility index (Phi) is 5.63. The normalized spacial score (nSPS) is 18.1. The van der Waals surface area contributed by atoms with Gasteiger partial charge in [0, 0.05) is 18.7 Å². The first-order valence-electron chi connectivity index (χ1n) is 10.8. The Labute approximate surface area is 184 Å². The first kappa shape index (κ1) is 20.1. The van der Waals surface area contributed by atoms with Crippen molar-refractivity contribution in [1.29, 1.82) is 0 Å². The van der Waals surface area contributed by atoms with Gasteiger partial charge in [-0.05, 0) is 44.2 Å².